The highest BCUT2D eigenvalue weighted by molar-refractivity contribution is 5.90. The van der Waals surface area contributed by atoms with Crippen LogP contribution in [0, 0.1) is 46.8 Å². The largest absolute Gasteiger partial charge is 0.474 e. The van der Waals surface area contributed by atoms with Crippen molar-refractivity contribution in [1.29, 1.82) is 0 Å². The quantitative estimate of drug-likeness (QED) is 0.128. The Bertz CT molecular complexity index is 1080. The molecule has 3 aliphatic rings. The van der Waals surface area contributed by atoms with Crippen LogP contribution in [0.5, 0.6) is 0 Å². The number of hydrogen-bond donors (Lipinski definition) is 2. The Morgan fingerprint density at radius 1 is 0.957 bits per heavy atom. The molecule has 0 radical (unpaired) electrons. The molecule has 3 aliphatic carbocycles. The van der Waals surface area contributed by atoms with Crippen LogP contribution in [0.3, 0.4) is 0 Å². The van der Waals surface area contributed by atoms with Crippen molar-refractivity contribution in [3.63, 3.8) is 0 Å². The monoisotopic (exact) mass is 657 g/mol. The third-order valence-electron chi connectivity index (χ3n) is 11.6. The predicted octanol–water partition coefficient (Wildman–Crippen LogP) is 8.35. The minimum atomic E-state index is -0.411. The maximum absolute atomic E-state index is 14.5. The summed E-state index contributed by atoms with van der Waals surface area (Å²) in [5.74, 6) is 1.26. The topological polar surface area (TPSA) is 102 Å². The third kappa shape index (κ3) is 10.9. The molecule has 0 heterocycles. The standard InChI is InChI=1S/C40H68N2O5/c1-10-13-17-28(30(12-3)33(43)20-21-35(45)41-22-11-2)25-34(44)31-23-29(24-32-36(31)40(32,8)9)38(46)37(27-18-15-14-16-19-27)42-26(4)47-39(5,6)7/h27-32,36-37,42H,4,10-25H2,1-3,5-9H3,(H,41,45). The zero-order valence-electron chi connectivity index (χ0n) is 31.2. The Kier molecular flexibility index (Phi) is 14.6. The molecule has 0 bridgehead atoms. The lowest BCUT2D eigenvalue weighted by Crippen LogP contribution is -2.48. The number of ketones is 3. The van der Waals surface area contributed by atoms with Gasteiger partial charge in [-0.2, -0.15) is 0 Å². The van der Waals surface area contributed by atoms with Crippen LogP contribution in [0.15, 0.2) is 12.5 Å². The van der Waals surface area contributed by atoms with Crippen LogP contribution in [-0.2, 0) is 23.9 Å². The van der Waals surface area contributed by atoms with E-state index in [1.807, 2.05) is 34.6 Å². The summed E-state index contributed by atoms with van der Waals surface area (Å²) >= 11 is 0. The Morgan fingerprint density at radius 3 is 2.23 bits per heavy atom. The van der Waals surface area contributed by atoms with E-state index < -0.39 is 5.60 Å². The number of Topliss-reactive ketones (excluding diaryl/α,β-unsaturated/α-hetero) is 3. The van der Waals surface area contributed by atoms with Crippen LogP contribution in [0.2, 0.25) is 0 Å². The molecular weight excluding hydrogens is 588 g/mol. The van der Waals surface area contributed by atoms with Crippen LogP contribution in [-0.4, -0.2) is 41.4 Å². The van der Waals surface area contributed by atoms with Crippen LogP contribution < -0.4 is 10.6 Å². The summed E-state index contributed by atoms with van der Waals surface area (Å²) in [4.78, 5) is 54.6. The summed E-state index contributed by atoms with van der Waals surface area (Å²) in [5, 5.41) is 6.31. The number of ether oxygens (including phenoxy) is 1. The van der Waals surface area contributed by atoms with Crippen molar-refractivity contribution in [3.8, 4) is 0 Å². The van der Waals surface area contributed by atoms with E-state index in [1.54, 1.807) is 0 Å². The molecule has 3 saturated carbocycles. The van der Waals surface area contributed by atoms with Crippen molar-refractivity contribution in [2.24, 2.45) is 46.8 Å². The van der Waals surface area contributed by atoms with E-state index in [1.165, 1.54) is 6.42 Å². The van der Waals surface area contributed by atoms with Gasteiger partial charge in [0.25, 0.3) is 0 Å². The van der Waals surface area contributed by atoms with Gasteiger partial charge in [0.2, 0.25) is 5.91 Å². The number of carbonyl (C=O) groups is 4. The maximum Gasteiger partial charge on any atom is 0.220 e. The Morgan fingerprint density at radius 2 is 1.64 bits per heavy atom. The van der Waals surface area contributed by atoms with Crippen molar-refractivity contribution < 1.29 is 23.9 Å². The minimum absolute atomic E-state index is 0.0235. The number of fused-ring (bicyclic) bond motifs is 1. The van der Waals surface area contributed by atoms with E-state index in [4.69, 9.17) is 4.74 Å². The summed E-state index contributed by atoms with van der Waals surface area (Å²) in [6.07, 6.45) is 12.1. The van der Waals surface area contributed by atoms with Crippen LogP contribution in [0.1, 0.15) is 152 Å². The number of nitrogens with one attached hydrogen (secondary N) is 2. The second-order valence-corrected chi connectivity index (χ2v) is 16.7. The average molecular weight is 657 g/mol. The van der Waals surface area contributed by atoms with Gasteiger partial charge in [-0.1, -0.05) is 66.7 Å². The first-order valence-corrected chi connectivity index (χ1v) is 19.1. The molecule has 0 spiro atoms. The second-order valence-electron chi connectivity index (χ2n) is 16.7. The van der Waals surface area contributed by atoms with E-state index in [2.05, 4.69) is 38.0 Å². The Balaban J connectivity index is 1.78. The average Bonchev–Trinajstić information content (AvgIpc) is 3.59. The van der Waals surface area contributed by atoms with E-state index in [9.17, 15) is 19.2 Å². The zero-order valence-corrected chi connectivity index (χ0v) is 31.2. The number of unbranched alkanes of at least 4 members (excludes halogenated alkanes) is 1. The third-order valence-corrected chi connectivity index (χ3v) is 11.6. The number of hydrogen-bond acceptors (Lipinski definition) is 6. The summed E-state index contributed by atoms with van der Waals surface area (Å²) in [6.45, 7) is 21.4. The fraction of sp³-hybridized carbons (Fsp3) is 0.850. The van der Waals surface area contributed by atoms with Crippen LogP contribution in [0.4, 0.5) is 0 Å². The molecule has 268 valence electrons. The molecule has 7 nitrogen and oxygen atoms in total. The Labute approximate surface area is 286 Å². The first-order valence-electron chi connectivity index (χ1n) is 19.1. The Hall–Kier alpha value is -2.18. The second kappa shape index (κ2) is 17.5. The SMILES string of the molecule is C=C(NC(C(=O)C1CC(C(=O)CC(CCCC)C(CC)C(=O)CCC(=O)NCCC)C2C(C1)C2(C)C)C1CCCCC1)OC(C)(C)C. The molecule has 0 aromatic heterocycles. The van der Waals surface area contributed by atoms with Gasteiger partial charge in [-0.25, -0.2) is 0 Å². The molecule has 3 rings (SSSR count). The normalized spacial score (nSPS) is 25.9. The van der Waals surface area contributed by atoms with Gasteiger partial charge in [0, 0.05) is 43.6 Å². The molecule has 3 fully saturated rings. The zero-order chi connectivity index (χ0) is 34.9. The molecule has 0 aromatic carbocycles. The number of amides is 1. The van der Waals surface area contributed by atoms with Gasteiger partial charge in [0.1, 0.15) is 17.2 Å². The summed E-state index contributed by atoms with van der Waals surface area (Å²) in [5.41, 5.74) is -0.377. The first kappa shape index (κ1) is 39.3. The lowest BCUT2D eigenvalue weighted by atomic mass is 9.70. The predicted molar refractivity (Wildman–Crippen MR) is 189 cm³/mol. The summed E-state index contributed by atoms with van der Waals surface area (Å²) in [7, 11) is 0. The summed E-state index contributed by atoms with van der Waals surface area (Å²) in [6, 6.07) is -0.349. The highest BCUT2D eigenvalue weighted by Crippen LogP contribution is 2.68. The maximum atomic E-state index is 14.5. The minimum Gasteiger partial charge on any atom is -0.474 e. The number of rotatable bonds is 20. The lowest BCUT2D eigenvalue weighted by molar-refractivity contribution is -0.132. The lowest BCUT2D eigenvalue weighted by Gasteiger charge is -2.36. The van der Waals surface area contributed by atoms with Crippen molar-refractivity contribution in [3.05, 3.63) is 12.5 Å². The molecule has 47 heavy (non-hydrogen) atoms. The van der Waals surface area contributed by atoms with Crippen molar-refractivity contribution in [2.45, 2.75) is 163 Å². The molecular formula is C40H68N2O5. The molecule has 0 saturated heterocycles. The van der Waals surface area contributed by atoms with E-state index in [0.717, 1.165) is 57.8 Å². The van der Waals surface area contributed by atoms with Crippen molar-refractivity contribution in [1.82, 2.24) is 10.6 Å². The highest BCUT2D eigenvalue weighted by Gasteiger charge is 2.65. The molecule has 7 atom stereocenters. The van der Waals surface area contributed by atoms with Gasteiger partial charge >= 0.3 is 0 Å². The van der Waals surface area contributed by atoms with E-state index >= 15 is 0 Å². The van der Waals surface area contributed by atoms with Crippen LogP contribution >= 0.6 is 0 Å². The highest BCUT2D eigenvalue weighted by atomic mass is 16.5. The fourth-order valence-electron chi connectivity index (χ4n) is 9.09. The fourth-order valence-corrected chi connectivity index (χ4v) is 9.09. The van der Waals surface area contributed by atoms with Gasteiger partial charge in [-0.05, 0) is 101 Å². The molecule has 1 amide bonds. The van der Waals surface area contributed by atoms with E-state index in [0.29, 0.717) is 43.5 Å². The van der Waals surface area contributed by atoms with Crippen molar-refractivity contribution >= 4 is 23.3 Å². The molecule has 0 aromatic rings. The molecule has 0 aliphatic heterocycles. The van der Waals surface area contributed by atoms with Gasteiger partial charge < -0.3 is 15.4 Å². The van der Waals surface area contributed by atoms with Gasteiger partial charge in [0.05, 0.1) is 6.04 Å². The van der Waals surface area contributed by atoms with Gasteiger partial charge in [-0.15, -0.1) is 0 Å². The first-order chi connectivity index (χ1) is 22.1. The van der Waals surface area contributed by atoms with Crippen molar-refractivity contribution in [2.75, 3.05) is 6.54 Å². The number of carbonyl (C=O) groups excluding carboxylic acids is 4. The summed E-state index contributed by atoms with van der Waals surface area (Å²) < 4.78 is 6.03. The van der Waals surface area contributed by atoms with Gasteiger partial charge in [-0.3, -0.25) is 19.2 Å². The van der Waals surface area contributed by atoms with Crippen LogP contribution in [0.25, 0.3) is 0 Å². The molecule has 7 heteroatoms. The molecule has 7 unspecified atom stereocenters. The smallest absolute Gasteiger partial charge is 0.220 e. The molecule has 2 N–H and O–H groups in total. The van der Waals surface area contributed by atoms with E-state index in [-0.39, 0.29) is 77.1 Å². The van der Waals surface area contributed by atoms with Gasteiger partial charge in [0.15, 0.2) is 11.7 Å².